The SMILES string of the molecule is CCc1c(C)cc(CNC)cc1F. The molecule has 0 amide bonds. The number of hydrogen-bond acceptors (Lipinski definition) is 1. The van der Waals surface area contributed by atoms with E-state index in [0.717, 1.165) is 29.7 Å². The summed E-state index contributed by atoms with van der Waals surface area (Å²) in [5.74, 6) is -0.0762. The van der Waals surface area contributed by atoms with Crippen LogP contribution in [0.2, 0.25) is 0 Å². The van der Waals surface area contributed by atoms with Crippen LogP contribution in [0, 0.1) is 12.7 Å². The number of rotatable bonds is 3. The van der Waals surface area contributed by atoms with Crippen molar-refractivity contribution in [2.24, 2.45) is 0 Å². The van der Waals surface area contributed by atoms with Crippen LogP contribution < -0.4 is 5.32 Å². The first-order valence-electron chi connectivity index (χ1n) is 4.61. The molecular weight excluding hydrogens is 165 g/mol. The fraction of sp³-hybridized carbons (Fsp3) is 0.455. The molecule has 0 aromatic heterocycles. The van der Waals surface area contributed by atoms with E-state index in [1.54, 1.807) is 6.07 Å². The van der Waals surface area contributed by atoms with Gasteiger partial charge in [0, 0.05) is 6.54 Å². The van der Waals surface area contributed by atoms with E-state index < -0.39 is 0 Å². The molecule has 0 aliphatic carbocycles. The predicted octanol–water partition coefficient (Wildman–Crippen LogP) is 2.42. The van der Waals surface area contributed by atoms with E-state index in [4.69, 9.17) is 0 Å². The van der Waals surface area contributed by atoms with Crippen molar-refractivity contribution in [3.63, 3.8) is 0 Å². The summed E-state index contributed by atoms with van der Waals surface area (Å²) in [5, 5.41) is 3.01. The topological polar surface area (TPSA) is 12.0 Å². The zero-order chi connectivity index (χ0) is 9.84. The van der Waals surface area contributed by atoms with Crippen LogP contribution in [0.25, 0.3) is 0 Å². The fourth-order valence-corrected chi connectivity index (χ4v) is 1.60. The maximum Gasteiger partial charge on any atom is 0.126 e. The lowest BCUT2D eigenvalue weighted by molar-refractivity contribution is 0.606. The summed E-state index contributed by atoms with van der Waals surface area (Å²) in [5.41, 5.74) is 2.89. The summed E-state index contributed by atoms with van der Waals surface area (Å²) >= 11 is 0. The summed E-state index contributed by atoms with van der Waals surface area (Å²) in [6.07, 6.45) is 0.761. The molecule has 13 heavy (non-hydrogen) atoms. The van der Waals surface area contributed by atoms with Gasteiger partial charge in [-0.05, 0) is 43.1 Å². The minimum Gasteiger partial charge on any atom is -0.316 e. The van der Waals surface area contributed by atoms with Crippen LogP contribution in [0.1, 0.15) is 23.6 Å². The van der Waals surface area contributed by atoms with Crippen molar-refractivity contribution in [1.82, 2.24) is 5.32 Å². The van der Waals surface area contributed by atoms with Crippen molar-refractivity contribution in [1.29, 1.82) is 0 Å². The molecule has 0 saturated heterocycles. The molecule has 0 radical (unpaired) electrons. The highest BCUT2D eigenvalue weighted by Gasteiger charge is 2.05. The van der Waals surface area contributed by atoms with E-state index in [1.807, 2.05) is 27.0 Å². The quantitative estimate of drug-likeness (QED) is 0.755. The molecule has 0 unspecified atom stereocenters. The van der Waals surface area contributed by atoms with E-state index in [0.29, 0.717) is 0 Å². The van der Waals surface area contributed by atoms with Crippen LogP contribution in [-0.4, -0.2) is 7.05 Å². The first kappa shape index (κ1) is 10.2. The lowest BCUT2D eigenvalue weighted by Gasteiger charge is -2.08. The van der Waals surface area contributed by atoms with Crippen LogP contribution in [0.5, 0.6) is 0 Å². The van der Waals surface area contributed by atoms with E-state index in [1.165, 1.54) is 0 Å². The van der Waals surface area contributed by atoms with Gasteiger partial charge in [-0.3, -0.25) is 0 Å². The Bertz CT molecular complexity index is 271. The third-order valence-corrected chi connectivity index (χ3v) is 2.21. The molecule has 0 spiro atoms. The normalized spacial score (nSPS) is 10.5. The number of nitrogens with one attached hydrogen (secondary N) is 1. The molecule has 0 heterocycles. The molecule has 0 bridgehead atoms. The number of aryl methyl sites for hydroxylation is 1. The van der Waals surface area contributed by atoms with E-state index in [9.17, 15) is 4.39 Å². The second-order valence-electron chi connectivity index (χ2n) is 3.26. The van der Waals surface area contributed by atoms with E-state index in [2.05, 4.69) is 5.32 Å². The van der Waals surface area contributed by atoms with Gasteiger partial charge in [-0.25, -0.2) is 4.39 Å². The van der Waals surface area contributed by atoms with Crippen molar-refractivity contribution in [2.75, 3.05) is 7.05 Å². The van der Waals surface area contributed by atoms with E-state index >= 15 is 0 Å². The molecule has 1 aromatic carbocycles. The third-order valence-electron chi connectivity index (χ3n) is 2.21. The molecule has 0 aliphatic rings. The minimum absolute atomic E-state index is 0.0762. The van der Waals surface area contributed by atoms with Crippen LogP contribution >= 0.6 is 0 Å². The van der Waals surface area contributed by atoms with Crippen molar-refractivity contribution >= 4 is 0 Å². The highest BCUT2D eigenvalue weighted by Crippen LogP contribution is 2.16. The second-order valence-corrected chi connectivity index (χ2v) is 3.26. The van der Waals surface area contributed by atoms with Crippen LogP contribution in [0.3, 0.4) is 0 Å². The molecule has 1 aromatic rings. The lowest BCUT2D eigenvalue weighted by Crippen LogP contribution is -2.06. The molecular formula is C11H16FN. The molecule has 1 N–H and O–H groups in total. The van der Waals surface area contributed by atoms with Crippen LogP contribution in [-0.2, 0) is 13.0 Å². The fourth-order valence-electron chi connectivity index (χ4n) is 1.60. The maximum atomic E-state index is 13.4. The molecule has 1 rings (SSSR count). The number of hydrogen-bond donors (Lipinski definition) is 1. The minimum atomic E-state index is -0.0762. The Morgan fingerprint density at radius 3 is 2.54 bits per heavy atom. The van der Waals surface area contributed by atoms with Crippen LogP contribution in [0.15, 0.2) is 12.1 Å². The lowest BCUT2D eigenvalue weighted by atomic mass is 10.0. The average Bonchev–Trinajstić information content (AvgIpc) is 2.04. The van der Waals surface area contributed by atoms with Gasteiger partial charge in [0.1, 0.15) is 5.82 Å². The largest absolute Gasteiger partial charge is 0.316 e. The van der Waals surface area contributed by atoms with Gasteiger partial charge in [-0.1, -0.05) is 13.0 Å². The molecule has 2 heteroatoms. The van der Waals surface area contributed by atoms with Crippen molar-refractivity contribution in [3.05, 3.63) is 34.6 Å². The summed E-state index contributed by atoms with van der Waals surface area (Å²) in [6, 6.07) is 3.65. The van der Waals surface area contributed by atoms with Gasteiger partial charge in [-0.2, -0.15) is 0 Å². The Hall–Kier alpha value is -0.890. The second kappa shape index (κ2) is 4.38. The van der Waals surface area contributed by atoms with Crippen molar-refractivity contribution in [3.8, 4) is 0 Å². The molecule has 0 aliphatic heterocycles. The Morgan fingerprint density at radius 1 is 1.38 bits per heavy atom. The van der Waals surface area contributed by atoms with Crippen molar-refractivity contribution < 1.29 is 4.39 Å². The summed E-state index contributed by atoms with van der Waals surface area (Å²) < 4.78 is 13.4. The monoisotopic (exact) mass is 181 g/mol. The van der Waals surface area contributed by atoms with Gasteiger partial charge in [-0.15, -0.1) is 0 Å². The third kappa shape index (κ3) is 2.28. The standard InChI is InChI=1S/C11H16FN/c1-4-10-8(2)5-9(7-13-3)6-11(10)12/h5-6,13H,4,7H2,1-3H3. The Morgan fingerprint density at radius 2 is 2.08 bits per heavy atom. The number of halogens is 1. The molecule has 0 fully saturated rings. The Kier molecular flexibility index (Phi) is 3.43. The summed E-state index contributed by atoms with van der Waals surface area (Å²) in [6.45, 7) is 4.66. The Labute approximate surface area is 79.0 Å². The molecule has 0 saturated carbocycles. The zero-order valence-electron chi connectivity index (χ0n) is 8.45. The maximum absolute atomic E-state index is 13.4. The molecule has 1 nitrogen and oxygen atoms in total. The first-order valence-corrected chi connectivity index (χ1v) is 4.61. The summed E-state index contributed by atoms with van der Waals surface area (Å²) in [7, 11) is 1.86. The van der Waals surface area contributed by atoms with Gasteiger partial charge >= 0.3 is 0 Å². The van der Waals surface area contributed by atoms with Gasteiger partial charge in [0.05, 0.1) is 0 Å². The van der Waals surface area contributed by atoms with Gasteiger partial charge in [0.2, 0.25) is 0 Å². The predicted molar refractivity (Wildman–Crippen MR) is 53.3 cm³/mol. The van der Waals surface area contributed by atoms with Gasteiger partial charge in [0.25, 0.3) is 0 Å². The van der Waals surface area contributed by atoms with E-state index in [-0.39, 0.29) is 5.82 Å². The first-order chi connectivity index (χ1) is 6.19. The highest BCUT2D eigenvalue weighted by molar-refractivity contribution is 5.32. The van der Waals surface area contributed by atoms with Crippen LogP contribution in [0.4, 0.5) is 4.39 Å². The molecule has 0 atom stereocenters. The van der Waals surface area contributed by atoms with Crippen molar-refractivity contribution in [2.45, 2.75) is 26.8 Å². The molecule has 72 valence electrons. The highest BCUT2D eigenvalue weighted by atomic mass is 19.1. The zero-order valence-corrected chi connectivity index (χ0v) is 8.45. The number of benzene rings is 1. The summed E-state index contributed by atoms with van der Waals surface area (Å²) in [4.78, 5) is 0. The average molecular weight is 181 g/mol. The smallest absolute Gasteiger partial charge is 0.126 e. The Balaban J connectivity index is 3.05. The van der Waals surface area contributed by atoms with Gasteiger partial charge < -0.3 is 5.32 Å². The van der Waals surface area contributed by atoms with Gasteiger partial charge in [0.15, 0.2) is 0 Å².